The standard InChI is InChI=1S/C22H23N3O2/c26-21(12-9-17-15-23-20-5-2-1-4-19(17)20)24-14-16-7-10-18(11-8-16)25-13-3-6-22(25)27/h1-2,4-5,7-8,10-11,15,23H,3,6,9,12-14H2,(H,24,26). The second-order valence-corrected chi connectivity index (χ2v) is 6.95. The minimum absolute atomic E-state index is 0.0408. The molecule has 5 heteroatoms. The van der Waals surface area contributed by atoms with Crippen molar-refractivity contribution >= 4 is 28.4 Å². The summed E-state index contributed by atoms with van der Waals surface area (Å²) in [6.07, 6.45) is 4.71. The molecule has 5 nitrogen and oxygen atoms in total. The average Bonchev–Trinajstić information content (AvgIpc) is 3.31. The van der Waals surface area contributed by atoms with Crippen LogP contribution in [0.2, 0.25) is 0 Å². The summed E-state index contributed by atoms with van der Waals surface area (Å²) in [5, 5.41) is 4.16. The van der Waals surface area contributed by atoms with E-state index in [9.17, 15) is 9.59 Å². The van der Waals surface area contributed by atoms with Gasteiger partial charge >= 0.3 is 0 Å². The zero-order valence-corrected chi connectivity index (χ0v) is 15.2. The number of aromatic amines is 1. The number of hydrogen-bond donors (Lipinski definition) is 2. The van der Waals surface area contributed by atoms with Gasteiger partial charge in [-0.1, -0.05) is 30.3 Å². The molecule has 0 atom stereocenters. The van der Waals surface area contributed by atoms with Crippen molar-refractivity contribution in [3.05, 3.63) is 65.9 Å². The van der Waals surface area contributed by atoms with Gasteiger partial charge in [-0.3, -0.25) is 9.59 Å². The number of nitrogens with zero attached hydrogens (tertiary/aromatic N) is 1. The number of rotatable bonds is 6. The van der Waals surface area contributed by atoms with Crippen LogP contribution < -0.4 is 10.2 Å². The van der Waals surface area contributed by atoms with Crippen molar-refractivity contribution in [3.8, 4) is 0 Å². The predicted octanol–water partition coefficient (Wildman–Crippen LogP) is 3.54. The Balaban J connectivity index is 1.28. The second kappa shape index (κ2) is 7.66. The molecule has 2 heterocycles. The Morgan fingerprint density at radius 1 is 1.11 bits per heavy atom. The summed E-state index contributed by atoms with van der Waals surface area (Å²) in [6.45, 7) is 1.30. The van der Waals surface area contributed by atoms with E-state index >= 15 is 0 Å². The number of hydrogen-bond acceptors (Lipinski definition) is 2. The van der Waals surface area contributed by atoms with Crippen molar-refractivity contribution in [2.24, 2.45) is 0 Å². The maximum Gasteiger partial charge on any atom is 0.227 e. The Bertz CT molecular complexity index is 959. The lowest BCUT2D eigenvalue weighted by Gasteiger charge is -2.16. The van der Waals surface area contributed by atoms with Gasteiger partial charge in [0, 0.05) is 48.7 Å². The van der Waals surface area contributed by atoms with Crippen LogP contribution in [0, 0.1) is 0 Å². The Hall–Kier alpha value is -3.08. The number of amides is 2. The lowest BCUT2D eigenvalue weighted by molar-refractivity contribution is -0.121. The third-order valence-electron chi connectivity index (χ3n) is 5.11. The average molecular weight is 361 g/mol. The first-order valence-corrected chi connectivity index (χ1v) is 9.42. The highest BCUT2D eigenvalue weighted by Gasteiger charge is 2.21. The van der Waals surface area contributed by atoms with Crippen LogP contribution >= 0.6 is 0 Å². The molecule has 1 aliphatic heterocycles. The van der Waals surface area contributed by atoms with E-state index in [1.165, 1.54) is 10.9 Å². The maximum absolute atomic E-state index is 12.2. The number of para-hydroxylation sites is 1. The number of anilines is 1. The lowest BCUT2D eigenvalue weighted by atomic mass is 10.1. The molecule has 0 bridgehead atoms. The Labute approximate surface area is 158 Å². The summed E-state index contributed by atoms with van der Waals surface area (Å²) in [5.74, 6) is 0.229. The van der Waals surface area contributed by atoms with E-state index in [4.69, 9.17) is 0 Å². The number of carbonyl (C=O) groups excluding carboxylic acids is 2. The monoisotopic (exact) mass is 361 g/mol. The van der Waals surface area contributed by atoms with Gasteiger partial charge in [-0.25, -0.2) is 0 Å². The summed E-state index contributed by atoms with van der Waals surface area (Å²) < 4.78 is 0. The summed E-state index contributed by atoms with van der Waals surface area (Å²) in [5.41, 5.74) is 4.24. The number of H-pyrrole nitrogens is 1. The number of fused-ring (bicyclic) bond motifs is 1. The smallest absolute Gasteiger partial charge is 0.227 e. The van der Waals surface area contributed by atoms with Crippen molar-refractivity contribution in [3.63, 3.8) is 0 Å². The molecule has 0 saturated carbocycles. The normalized spacial score (nSPS) is 14.1. The van der Waals surface area contributed by atoms with E-state index in [0.717, 1.165) is 29.7 Å². The fourth-order valence-electron chi connectivity index (χ4n) is 3.59. The van der Waals surface area contributed by atoms with E-state index in [-0.39, 0.29) is 11.8 Å². The highest BCUT2D eigenvalue weighted by atomic mass is 16.2. The molecule has 4 rings (SSSR count). The van der Waals surface area contributed by atoms with E-state index < -0.39 is 0 Å². The Kier molecular flexibility index (Phi) is 4.92. The van der Waals surface area contributed by atoms with E-state index in [1.54, 1.807) is 0 Å². The number of benzene rings is 2. The second-order valence-electron chi connectivity index (χ2n) is 6.95. The van der Waals surface area contributed by atoms with Crippen LogP contribution in [-0.2, 0) is 22.6 Å². The third kappa shape index (κ3) is 3.87. The van der Waals surface area contributed by atoms with Crippen molar-refractivity contribution in [1.29, 1.82) is 0 Å². The first kappa shape index (κ1) is 17.3. The number of aromatic nitrogens is 1. The molecule has 2 aromatic carbocycles. The molecule has 1 fully saturated rings. The SMILES string of the molecule is O=C(CCc1c[nH]c2ccccc12)NCc1ccc(N2CCCC2=O)cc1. The van der Waals surface area contributed by atoms with Crippen LogP contribution in [0.15, 0.2) is 54.7 Å². The van der Waals surface area contributed by atoms with Crippen LogP contribution in [0.25, 0.3) is 10.9 Å². The van der Waals surface area contributed by atoms with Gasteiger partial charge in [-0.2, -0.15) is 0 Å². The maximum atomic E-state index is 12.2. The van der Waals surface area contributed by atoms with Crippen molar-refractivity contribution in [2.45, 2.75) is 32.2 Å². The third-order valence-corrected chi connectivity index (χ3v) is 5.11. The molecule has 138 valence electrons. The molecule has 1 saturated heterocycles. The van der Waals surface area contributed by atoms with Gasteiger partial charge in [0.2, 0.25) is 11.8 Å². The highest BCUT2D eigenvalue weighted by Crippen LogP contribution is 2.22. The highest BCUT2D eigenvalue weighted by molar-refractivity contribution is 5.95. The van der Waals surface area contributed by atoms with Crippen LogP contribution in [0.1, 0.15) is 30.4 Å². The zero-order valence-electron chi connectivity index (χ0n) is 15.2. The molecule has 2 N–H and O–H groups in total. The fourth-order valence-corrected chi connectivity index (χ4v) is 3.59. The molecule has 2 amide bonds. The van der Waals surface area contributed by atoms with E-state index in [0.29, 0.717) is 25.8 Å². The van der Waals surface area contributed by atoms with Crippen LogP contribution in [-0.4, -0.2) is 23.3 Å². The summed E-state index contributed by atoms with van der Waals surface area (Å²) >= 11 is 0. The first-order valence-electron chi connectivity index (χ1n) is 9.42. The number of nitrogens with one attached hydrogen (secondary N) is 2. The molecule has 0 aliphatic carbocycles. The van der Waals surface area contributed by atoms with Crippen molar-refractivity contribution in [1.82, 2.24) is 10.3 Å². The Morgan fingerprint density at radius 3 is 2.70 bits per heavy atom. The summed E-state index contributed by atoms with van der Waals surface area (Å²) in [4.78, 5) is 29.0. The van der Waals surface area contributed by atoms with Gasteiger partial charge < -0.3 is 15.2 Å². The van der Waals surface area contributed by atoms with E-state index in [1.807, 2.05) is 53.6 Å². The van der Waals surface area contributed by atoms with Crippen LogP contribution in [0.5, 0.6) is 0 Å². The molecule has 0 radical (unpaired) electrons. The van der Waals surface area contributed by atoms with Crippen LogP contribution in [0.4, 0.5) is 5.69 Å². The summed E-state index contributed by atoms with van der Waals surface area (Å²) in [6, 6.07) is 16.0. The molecule has 0 unspecified atom stereocenters. The quantitative estimate of drug-likeness (QED) is 0.705. The number of carbonyl (C=O) groups is 2. The minimum Gasteiger partial charge on any atom is -0.361 e. The topological polar surface area (TPSA) is 65.2 Å². The molecule has 1 aromatic heterocycles. The largest absolute Gasteiger partial charge is 0.361 e. The minimum atomic E-state index is 0.0408. The molecule has 0 spiro atoms. The molecule has 3 aromatic rings. The lowest BCUT2D eigenvalue weighted by Crippen LogP contribution is -2.24. The van der Waals surface area contributed by atoms with Gasteiger partial charge in [0.25, 0.3) is 0 Å². The van der Waals surface area contributed by atoms with Gasteiger partial charge in [-0.05, 0) is 42.2 Å². The van der Waals surface area contributed by atoms with Gasteiger partial charge in [0.05, 0.1) is 0 Å². The van der Waals surface area contributed by atoms with Gasteiger partial charge in [-0.15, -0.1) is 0 Å². The molecular formula is C22H23N3O2. The predicted molar refractivity (Wildman–Crippen MR) is 106 cm³/mol. The molecular weight excluding hydrogens is 338 g/mol. The van der Waals surface area contributed by atoms with Crippen LogP contribution in [0.3, 0.4) is 0 Å². The molecule has 27 heavy (non-hydrogen) atoms. The first-order chi connectivity index (χ1) is 13.2. The van der Waals surface area contributed by atoms with Gasteiger partial charge in [0.15, 0.2) is 0 Å². The Morgan fingerprint density at radius 2 is 1.93 bits per heavy atom. The van der Waals surface area contributed by atoms with Gasteiger partial charge in [0.1, 0.15) is 0 Å². The fraction of sp³-hybridized carbons (Fsp3) is 0.273. The van der Waals surface area contributed by atoms with Crippen molar-refractivity contribution < 1.29 is 9.59 Å². The molecule has 1 aliphatic rings. The van der Waals surface area contributed by atoms with Crippen molar-refractivity contribution in [2.75, 3.05) is 11.4 Å². The zero-order chi connectivity index (χ0) is 18.6. The summed E-state index contributed by atoms with van der Waals surface area (Å²) in [7, 11) is 0. The number of aryl methyl sites for hydroxylation is 1. The van der Waals surface area contributed by atoms with E-state index in [2.05, 4.69) is 16.4 Å².